The first-order valence-electron chi connectivity index (χ1n) is 11.2. The van der Waals surface area contributed by atoms with Crippen molar-refractivity contribution in [2.75, 3.05) is 13.1 Å². The number of nitrogens with one attached hydrogen (secondary N) is 1. The molecule has 36 heavy (non-hydrogen) atoms. The number of rotatable bonds is 10. The van der Waals surface area contributed by atoms with Crippen LogP contribution < -0.4 is 10.1 Å². The van der Waals surface area contributed by atoms with Gasteiger partial charge >= 0.3 is 6.36 Å². The second-order valence-electron chi connectivity index (χ2n) is 8.51. The van der Waals surface area contributed by atoms with E-state index in [0.29, 0.717) is 35.7 Å². The molecule has 1 aliphatic rings. The first-order valence-corrected chi connectivity index (χ1v) is 12.0. The number of hydrogen-bond acceptors (Lipinski definition) is 4. The quantitative estimate of drug-likeness (QED) is 0.407. The number of alkyl halides is 3. The number of ether oxygens (including phenoxy) is 1. The lowest BCUT2D eigenvalue weighted by Crippen LogP contribution is -2.36. The first kappa shape index (κ1) is 27.7. The highest BCUT2D eigenvalue weighted by atomic mass is 35.5. The van der Waals surface area contributed by atoms with Gasteiger partial charge in [0.1, 0.15) is 5.75 Å². The highest BCUT2D eigenvalue weighted by Crippen LogP contribution is 2.25. The Hall–Kier alpha value is -2.91. The topological polar surface area (TPSA) is 78.9 Å². The number of carbonyl (C=O) groups excluding carboxylic acids is 2. The summed E-state index contributed by atoms with van der Waals surface area (Å²) < 4.78 is 40.6. The van der Waals surface area contributed by atoms with Gasteiger partial charge in [0.15, 0.2) is 5.76 Å². The van der Waals surface area contributed by atoms with Crippen molar-refractivity contribution in [2.45, 2.75) is 45.0 Å². The van der Waals surface area contributed by atoms with Crippen LogP contribution in [0, 0.1) is 0 Å². The molecule has 2 N–H and O–H groups in total. The molecule has 0 radical (unpaired) electrons. The molecule has 1 atom stereocenters. The average molecular weight is 545 g/mol. The van der Waals surface area contributed by atoms with Crippen molar-refractivity contribution >= 4 is 35.0 Å². The summed E-state index contributed by atoms with van der Waals surface area (Å²) in [5, 5.41) is 13.9. The van der Waals surface area contributed by atoms with Crippen LogP contribution >= 0.6 is 23.2 Å². The molecular formula is C25H25Cl2F3N2O4. The molecule has 3 rings (SSSR count). The van der Waals surface area contributed by atoms with E-state index >= 15 is 0 Å². The largest absolute Gasteiger partial charge is 0.573 e. The molecule has 2 aromatic carbocycles. The number of aliphatic hydroxyl groups excluding tert-OH is 1. The molecule has 0 spiro atoms. The Morgan fingerprint density at radius 2 is 1.78 bits per heavy atom. The van der Waals surface area contributed by atoms with Gasteiger partial charge in [-0.15, -0.1) is 13.2 Å². The van der Waals surface area contributed by atoms with Crippen LogP contribution in [0.2, 0.25) is 10.0 Å². The number of carbonyl (C=O) groups is 2. The van der Waals surface area contributed by atoms with Gasteiger partial charge in [0.05, 0.1) is 22.2 Å². The summed E-state index contributed by atoms with van der Waals surface area (Å²) in [7, 11) is 0. The number of aliphatic hydroxyl groups is 1. The molecule has 6 nitrogen and oxygen atoms in total. The molecule has 0 saturated heterocycles. The monoisotopic (exact) mass is 544 g/mol. The Morgan fingerprint density at radius 3 is 2.42 bits per heavy atom. The van der Waals surface area contributed by atoms with Gasteiger partial charge in [0.2, 0.25) is 0 Å². The van der Waals surface area contributed by atoms with Crippen molar-refractivity contribution in [1.29, 1.82) is 0 Å². The van der Waals surface area contributed by atoms with Crippen LogP contribution in [0.5, 0.6) is 5.75 Å². The lowest BCUT2D eigenvalue weighted by Gasteiger charge is -2.17. The summed E-state index contributed by atoms with van der Waals surface area (Å²) in [5.74, 6) is -2.02. The van der Waals surface area contributed by atoms with E-state index in [1.54, 1.807) is 12.1 Å². The second kappa shape index (κ2) is 11.9. The summed E-state index contributed by atoms with van der Waals surface area (Å²) in [6.45, 7) is 2.08. The average Bonchev–Trinajstić information content (AvgIpc) is 3.09. The highest BCUT2D eigenvalue weighted by Gasteiger charge is 2.34. The number of aryl methyl sites for hydroxylation is 2. The number of nitrogens with zero attached hydrogens (tertiary/aromatic N) is 1. The van der Waals surface area contributed by atoms with Gasteiger partial charge in [0.25, 0.3) is 11.8 Å². The van der Waals surface area contributed by atoms with Crippen LogP contribution in [0.1, 0.15) is 30.9 Å². The number of hydrogen-bond donors (Lipinski definition) is 2. The number of halogens is 5. The molecule has 0 bridgehead atoms. The fourth-order valence-electron chi connectivity index (χ4n) is 3.77. The van der Waals surface area contributed by atoms with Gasteiger partial charge in [-0.25, -0.2) is 0 Å². The zero-order valence-electron chi connectivity index (χ0n) is 19.4. The molecule has 1 unspecified atom stereocenters. The van der Waals surface area contributed by atoms with Crippen LogP contribution in [0.15, 0.2) is 53.8 Å². The van der Waals surface area contributed by atoms with E-state index in [0.717, 1.165) is 11.1 Å². The van der Waals surface area contributed by atoms with Crippen LogP contribution in [0.4, 0.5) is 13.2 Å². The van der Waals surface area contributed by atoms with E-state index in [1.165, 1.54) is 29.2 Å². The summed E-state index contributed by atoms with van der Waals surface area (Å²) in [6.07, 6.45) is -2.50. The van der Waals surface area contributed by atoms with E-state index in [-0.39, 0.29) is 30.5 Å². The standard InChI is InChI=1S/C25H25Cl2F3N2O4/c1-15(4-5-17-8-11-20(26)21(27)13-17)31-23(34)19-14-32(24(35)22(19)33)12-2-3-16-6-9-18(10-7-16)36-25(28,29)30/h6-11,13,15,33H,2-5,12,14H2,1H3,(H,31,34). The summed E-state index contributed by atoms with van der Waals surface area (Å²) in [5.41, 5.74) is 1.74. The van der Waals surface area contributed by atoms with Crippen LogP contribution in [-0.2, 0) is 22.4 Å². The maximum absolute atomic E-state index is 12.7. The minimum atomic E-state index is -4.75. The molecule has 2 amide bonds. The Labute approximate surface area is 216 Å². The summed E-state index contributed by atoms with van der Waals surface area (Å²) >= 11 is 11.9. The Bertz CT molecular complexity index is 1140. The van der Waals surface area contributed by atoms with Crippen molar-refractivity contribution in [1.82, 2.24) is 10.2 Å². The SMILES string of the molecule is CC(CCc1ccc(Cl)c(Cl)c1)NC(=O)C1=C(O)C(=O)N(CCCc2ccc(OC(F)(F)F)cc2)C1. The number of amides is 2. The fraction of sp³-hybridized carbons (Fsp3) is 0.360. The van der Waals surface area contributed by atoms with E-state index in [2.05, 4.69) is 10.1 Å². The predicted octanol–water partition coefficient (Wildman–Crippen LogP) is 5.62. The van der Waals surface area contributed by atoms with Crippen molar-refractivity contribution in [3.63, 3.8) is 0 Å². The Balaban J connectivity index is 1.45. The molecule has 194 valence electrons. The smallest absolute Gasteiger partial charge is 0.503 e. The van der Waals surface area contributed by atoms with Gasteiger partial charge in [-0.3, -0.25) is 9.59 Å². The second-order valence-corrected chi connectivity index (χ2v) is 9.33. The molecule has 0 aromatic heterocycles. The molecule has 0 saturated carbocycles. The van der Waals surface area contributed by atoms with Crippen molar-refractivity contribution < 1.29 is 32.6 Å². The first-order chi connectivity index (χ1) is 16.9. The van der Waals surface area contributed by atoms with Gasteiger partial charge in [-0.2, -0.15) is 0 Å². The molecule has 1 heterocycles. The van der Waals surface area contributed by atoms with Crippen molar-refractivity contribution in [2.24, 2.45) is 0 Å². The Morgan fingerprint density at radius 1 is 1.11 bits per heavy atom. The zero-order valence-corrected chi connectivity index (χ0v) is 20.9. The summed E-state index contributed by atoms with van der Waals surface area (Å²) in [4.78, 5) is 26.4. The maximum Gasteiger partial charge on any atom is 0.573 e. The minimum Gasteiger partial charge on any atom is -0.503 e. The predicted molar refractivity (Wildman–Crippen MR) is 130 cm³/mol. The van der Waals surface area contributed by atoms with Crippen molar-refractivity contribution in [3.8, 4) is 5.75 Å². The van der Waals surface area contributed by atoms with E-state index in [9.17, 15) is 27.9 Å². The van der Waals surface area contributed by atoms with Crippen molar-refractivity contribution in [3.05, 3.63) is 75.0 Å². The zero-order chi connectivity index (χ0) is 26.5. The third-order valence-corrected chi connectivity index (χ3v) is 6.42. The molecule has 11 heteroatoms. The molecular weight excluding hydrogens is 520 g/mol. The lowest BCUT2D eigenvalue weighted by atomic mass is 10.1. The Kier molecular flexibility index (Phi) is 9.13. The number of benzene rings is 2. The third-order valence-electron chi connectivity index (χ3n) is 5.68. The molecule has 1 aliphatic heterocycles. The fourth-order valence-corrected chi connectivity index (χ4v) is 4.09. The lowest BCUT2D eigenvalue weighted by molar-refractivity contribution is -0.274. The molecule has 2 aromatic rings. The van der Waals surface area contributed by atoms with Crippen LogP contribution in [0.3, 0.4) is 0 Å². The van der Waals surface area contributed by atoms with E-state index in [4.69, 9.17) is 23.2 Å². The normalized spacial score (nSPS) is 14.8. The van der Waals surface area contributed by atoms with E-state index in [1.807, 2.05) is 13.0 Å². The van der Waals surface area contributed by atoms with Gasteiger partial charge in [0, 0.05) is 12.6 Å². The summed E-state index contributed by atoms with van der Waals surface area (Å²) in [6, 6.07) is 10.6. The van der Waals surface area contributed by atoms with Gasteiger partial charge in [-0.05, 0) is 68.0 Å². The van der Waals surface area contributed by atoms with Gasteiger partial charge < -0.3 is 20.1 Å². The van der Waals surface area contributed by atoms with Crippen LogP contribution in [0.25, 0.3) is 0 Å². The third kappa shape index (κ3) is 7.80. The maximum atomic E-state index is 12.7. The molecule has 0 aliphatic carbocycles. The minimum absolute atomic E-state index is 0.00930. The highest BCUT2D eigenvalue weighted by molar-refractivity contribution is 6.42. The van der Waals surface area contributed by atoms with E-state index < -0.39 is 23.9 Å². The molecule has 0 fully saturated rings. The van der Waals surface area contributed by atoms with Crippen LogP contribution in [-0.4, -0.2) is 47.3 Å². The van der Waals surface area contributed by atoms with Gasteiger partial charge in [-0.1, -0.05) is 41.4 Å².